The molecule has 29 heavy (non-hydrogen) atoms. The largest absolute Gasteiger partial charge is 0.276 e. The maximum absolute atomic E-state index is 12.5. The Bertz CT molecular complexity index is 1170. The summed E-state index contributed by atoms with van der Waals surface area (Å²) < 4.78 is 26.7. The van der Waals surface area contributed by atoms with Gasteiger partial charge in [0.1, 0.15) is 5.15 Å². The Kier molecular flexibility index (Phi) is 6.31. The summed E-state index contributed by atoms with van der Waals surface area (Å²) in [6, 6.07) is 12.6. The lowest BCUT2D eigenvalue weighted by Gasteiger charge is -2.07. The van der Waals surface area contributed by atoms with E-state index in [2.05, 4.69) is 15.0 Å². The molecule has 0 aliphatic carbocycles. The molecule has 0 saturated carbocycles. The minimum Gasteiger partial charge on any atom is -0.249 e. The van der Waals surface area contributed by atoms with Crippen molar-refractivity contribution in [3.63, 3.8) is 0 Å². The minimum atomic E-state index is -3.79. The molecule has 1 heterocycles. The van der Waals surface area contributed by atoms with E-state index in [1.54, 1.807) is 42.8 Å². The van der Waals surface area contributed by atoms with Crippen LogP contribution in [0.1, 0.15) is 27.9 Å². The molecule has 0 fully saturated rings. The SMILES string of the molecule is Cc1ccc(C)c(S(=O)(=O)NN=Cc2c(C)nn(Cc3ccc(Cl)cc3)c2Cl)c1. The first-order chi connectivity index (χ1) is 13.7. The number of nitrogens with one attached hydrogen (secondary N) is 1. The molecule has 6 nitrogen and oxygen atoms in total. The fourth-order valence-electron chi connectivity index (χ4n) is 2.79. The van der Waals surface area contributed by atoms with Crippen molar-refractivity contribution >= 4 is 39.4 Å². The summed E-state index contributed by atoms with van der Waals surface area (Å²) in [5.74, 6) is 0. The predicted octanol–water partition coefficient (Wildman–Crippen LogP) is 4.48. The molecule has 2 aromatic carbocycles. The van der Waals surface area contributed by atoms with Gasteiger partial charge < -0.3 is 0 Å². The first-order valence-electron chi connectivity index (χ1n) is 8.77. The third-order valence-corrected chi connectivity index (χ3v) is 6.37. The summed E-state index contributed by atoms with van der Waals surface area (Å²) in [4.78, 5) is 2.43. The maximum atomic E-state index is 12.5. The summed E-state index contributed by atoms with van der Waals surface area (Å²) >= 11 is 12.3. The molecule has 0 amide bonds. The number of aryl methyl sites for hydroxylation is 3. The zero-order chi connectivity index (χ0) is 21.2. The second kappa shape index (κ2) is 8.57. The van der Waals surface area contributed by atoms with Crippen LogP contribution in [0.4, 0.5) is 0 Å². The van der Waals surface area contributed by atoms with E-state index < -0.39 is 10.0 Å². The number of hydrazone groups is 1. The molecule has 0 unspecified atom stereocenters. The van der Waals surface area contributed by atoms with Gasteiger partial charge in [-0.3, -0.25) is 0 Å². The van der Waals surface area contributed by atoms with E-state index in [0.29, 0.717) is 33.5 Å². The van der Waals surface area contributed by atoms with Crippen LogP contribution in [0.3, 0.4) is 0 Å². The first kappa shape index (κ1) is 21.4. The summed E-state index contributed by atoms with van der Waals surface area (Å²) in [6.07, 6.45) is 1.37. The van der Waals surface area contributed by atoms with Crippen molar-refractivity contribution in [2.24, 2.45) is 5.10 Å². The van der Waals surface area contributed by atoms with Gasteiger partial charge in [0.2, 0.25) is 0 Å². The van der Waals surface area contributed by atoms with Crippen LogP contribution in [-0.2, 0) is 16.6 Å². The number of rotatable bonds is 6. The highest BCUT2D eigenvalue weighted by Crippen LogP contribution is 2.20. The third-order valence-electron chi connectivity index (χ3n) is 4.35. The number of sulfonamides is 1. The van der Waals surface area contributed by atoms with Crippen molar-refractivity contribution in [1.82, 2.24) is 14.6 Å². The molecular weight excluding hydrogens is 431 g/mol. The molecule has 1 N–H and O–H groups in total. The number of aromatic nitrogens is 2. The number of hydrogen-bond donors (Lipinski definition) is 1. The number of hydrogen-bond acceptors (Lipinski definition) is 4. The minimum absolute atomic E-state index is 0.191. The highest BCUT2D eigenvalue weighted by atomic mass is 35.5. The predicted molar refractivity (Wildman–Crippen MR) is 116 cm³/mol. The lowest BCUT2D eigenvalue weighted by Crippen LogP contribution is -2.19. The van der Waals surface area contributed by atoms with Gasteiger partial charge in [-0.2, -0.15) is 18.6 Å². The highest BCUT2D eigenvalue weighted by molar-refractivity contribution is 7.89. The van der Waals surface area contributed by atoms with Crippen LogP contribution in [0.2, 0.25) is 10.2 Å². The van der Waals surface area contributed by atoms with Crippen LogP contribution in [0.25, 0.3) is 0 Å². The lowest BCUT2D eigenvalue weighted by atomic mass is 10.2. The van der Waals surface area contributed by atoms with Crippen LogP contribution in [0.15, 0.2) is 52.5 Å². The van der Waals surface area contributed by atoms with Gasteiger partial charge in [0.25, 0.3) is 10.0 Å². The molecular formula is C20H20Cl2N4O2S. The van der Waals surface area contributed by atoms with E-state index in [1.807, 2.05) is 25.1 Å². The molecule has 0 spiro atoms. The maximum Gasteiger partial charge on any atom is 0.276 e. The van der Waals surface area contributed by atoms with Gasteiger partial charge >= 0.3 is 0 Å². The Morgan fingerprint density at radius 3 is 2.48 bits per heavy atom. The summed E-state index contributed by atoms with van der Waals surface area (Å²) in [5.41, 5.74) is 3.66. The fourth-order valence-corrected chi connectivity index (χ4v) is 4.32. The second-order valence-corrected chi connectivity index (χ2v) is 9.12. The zero-order valence-electron chi connectivity index (χ0n) is 16.1. The Hall–Kier alpha value is -2.35. The average Bonchev–Trinajstić information content (AvgIpc) is 2.92. The van der Waals surface area contributed by atoms with Crippen LogP contribution >= 0.6 is 23.2 Å². The summed E-state index contributed by atoms with van der Waals surface area (Å²) in [6.45, 7) is 5.81. The Labute approximate surface area is 180 Å². The number of halogens is 2. The van der Waals surface area contributed by atoms with Crippen molar-refractivity contribution in [2.75, 3.05) is 0 Å². The molecule has 0 atom stereocenters. The van der Waals surface area contributed by atoms with E-state index >= 15 is 0 Å². The van der Waals surface area contributed by atoms with Crippen molar-refractivity contribution in [3.05, 3.63) is 80.6 Å². The van der Waals surface area contributed by atoms with E-state index in [1.165, 1.54) is 6.21 Å². The van der Waals surface area contributed by atoms with E-state index in [0.717, 1.165) is 11.1 Å². The Morgan fingerprint density at radius 2 is 1.79 bits per heavy atom. The molecule has 0 radical (unpaired) electrons. The van der Waals surface area contributed by atoms with Crippen molar-refractivity contribution in [1.29, 1.82) is 0 Å². The van der Waals surface area contributed by atoms with Gasteiger partial charge in [-0.25, -0.2) is 9.51 Å². The zero-order valence-corrected chi connectivity index (χ0v) is 18.5. The van der Waals surface area contributed by atoms with Gasteiger partial charge in [0, 0.05) is 5.02 Å². The van der Waals surface area contributed by atoms with Gasteiger partial charge in [0.05, 0.1) is 28.9 Å². The lowest BCUT2D eigenvalue weighted by molar-refractivity contribution is 0.584. The van der Waals surface area contributed by atoms with Crippen LogP contribution in [0, 0.1) is 20.8 Å². The Balaban J connectivity index is 1.79. The van der Waals surface area contributed by atoms with Crippen molar-refractivity contribution in [2.45, 2.75) is 32.2 Å². The fraction of sp³-hybridized carbons (Fsp3) is 0.200. The van der Waals surface area contributed by atoms with Gasteiger partial charge in [-0.1, -0.05) is 47.5 Å². The molecule has 0 saturated heterocycles. The molecule has 152 valence electrons. The van der Waals surface area contributed by atoms with Gasteiger partial charge in [-0.05, 0) is 55.7 Å². The Morgan fingerprint density at radius 1 is 1.10 bits per heavy atom. The molecule has 0 bridgehead atoms. The average molecular weight is 451 g/mol. The molecule has 0 aliphatic rings. The molecule has 9 heteroatoms. The van der Waals surface area contributed by atoms with Crippen LogP contribution in [0.5, 0.6) is 0 Å². The highest BCUT2D eigenvalue weighted by Gasteiger charge is 2.17. The van der Waals surface area contributed by atoms with Crippen LogP contribution in [-0.4, -0.2) is 24.4 Å². The second-order valence-electron chi connectivity index (χ2n) is 6.70. The number of nitrogens with zero attached hydrogens (tertiary/aromatic N) is 3. The smallest absolute Gasteiger partial charge is 0.249 e. The quantitative estimate of drug-likeness (QED) is 0.444. The number of benzene rings is 2. The molecule has 0 aliphatic heterocycles. The van der Waals surface area contributed by atoms with Gasteiger partial charge in [-0.15, -0.1) is 0 Å². The molecule has 1 aromatic heterocycles. The first-order valence-corrected chi connectivity index (χ1v) is 11.0. The molecule has 3 aromatic rings. The normalized spacial score (nSPS) is 11.9. The standard InChI is InChI=1S/C20H20Cl2N4O2S/c1-13-4-5-14(2)19(10-13)29(27,28)25-23-11-18-15(3)24-26(20(18)22)12-16-6-8-17(21)9-7-16/h4-11,25H,12H2,1-3H3. The van der Waals surface area contributed by atoms with Gasteiger partial charge in [0.15, 0.2) is 0 Å². The van der Waals surface area contributed by atoms with Crippen molar-refractivity contribution < 1.29 is 8.42 Å². The van der Waals surface area contributed by atoms with Crippen molar-refractivity contribution in [3.8, 4) is 0 Å². The van der Waals surface area contributed by atoms with E-state index in [4.69, 9.17) is 23.2 Å². The topological polar surface area (TPSA) is 76.3 Å². The monoisotopic (exact) mass is 450 g/mol. The van der Waals surface area contributed by atoms with E-state index in [-0.39, 0.29) is 4.90 Å². The summed E-state index contributed by atoms with van der Waals surface area (Å²) in [5, 5.41) is 9.33. The molecule has 3 rings (SSSR count). The van der Waals surface area contributed by atoms with E-state index in [9.17, 15) is 8.42 Å². The summed E-state index contributed by atoms with van der Waals surface area (Å²) in [7, 11) is -3.79. The third kappa shape index (κ3) is 4.98. The van der Waals surface area contributed by atoms with Crippen LogP contribution < -0.4 is 4.83 Å².